The number of unbranched alkanes of at least 4 members (excludes halogenated alkanes) is 2. The third kappa shape index (κ3) is 5.96. The van der Waals surface area contributed by atoms with E-state index in [2.05, 4.69) is 30.9 Å². The normalized spacial score (nSPS) is 28.2. The fraction of sp³-hybridized carbons (Fsp3) is 0.750. The van der Waals surface area contributed by atoms with Crippen LogP contribution in [0.4, 0.5) is 0 Å². The molecule has 1 N–H and O–H groups in total. The molecule has 0 unspecified atom stereocenters. The standard InChI is InChI=1S/C20H30O4/c1-2-3-4-9-14-23-15-17-16(18-12-13-19(17)24-18)10-7-5-6-8-11-20(21)22/h5,7,16-19H,2-3,6,8,10-15H2,1H3,(H,21,22)/t16-,17-,18-,19+/m1/s1. The van der Waals surface area contributed by atoms with Crippen LogP contribution in [-0.2, 0) is 14.3 Å². The van der Waals surface area contributed by atoms with E-state index in [1.165, 1.54) is 0 Å². The molecule has 2 heterocycles. The SMILES string of the molecule is CCCC#CCOC[C@@H]1[C@@H](CC=CCCCC(=O)O)[C@H]2CC[C@@H]1O2. The maximum atomic E-state index is 10.5. The van der Waals surface area contributed by atoms with Crippen LogP contribution in [0.5, 0.6) is 0 Å². The van der Waals surface area contributed by atoms with E-state index in [9.17, 15) is 4.79 Å². The van der Waals surface area contributed by atoms with E-state index >= 15 is 0 Å². The second-order valence-electron chi connectivity index (χ2n) is 6.73. The molecule has 0 aliphatic carbocycles. The molecule has 0 aromatic carbocycles. The van der Waals surface area contributed by atoms with E-state index in [0.717, 1.165) is 45.1 Å². The lowest BCUT2D eigenvalue weighted by molar-refractivity contribution is -0.137. The summed E-state index contributed by atoms with van der Waals surface area (Å²) < 4.78 is 11.9. The molecule has 134 valence electrons. The molecule has 4 heteroatoms. The first-order valence-electron chi connectivity index (χ1n) is 9.28. The number of carboxylic acids is 1. The van der Waals surface area contributed by atoms with Gasteiger partial charge in [0.2, 0.25) is 0 Å². The predicted octanol–water partition coefficient (Wildman–Crippen LogP) is 3.80. The van der Waals surface area contributed by atoms with Crippen LogP contribution in [0.2, 0.25) is 0 Å². The molecule has 2 saturated heterocycles. The van der Waals surface area contributed by atoms with Crippen LogP contribution in [0.25, 0.3) is 0 Å². The van der Waals surface area contributed by atoms with Crippen LogP contribution in [0.1, 0.15) is 58.3 Å². The number of carbonyl (C=O) groups is 1. The number of aliphatic carboxylic acids is 1. The topological polar surface area (TPSA) is 55.8 Å². The van der Waals surface area contributed by atoms with Gasteiger partial charge in [0.1, 0.15) is 6.61 Å². The van der Waals surface area contributed by atoms with Crippen LogP contribution in [0.3, 0.4) is 0 Å². The molecule has 4 atom stereocenters. The summed E-state index contributed by atoms with van der Waals surface area (Å²) in [6.45, 7) is 3.38. The van der Waals surface area contributed by atoms with Crippen LogP contribution in [-0.4, -0.2) is 36.5 Å². The Morgan fingerprint density at radius 3 is 2.79 bits per heavy atom. The summed E-state index contributed by atoms with van der Waals surface area (Å²) in [5.74, 6) is 6.46. The van der Waals surface area contributed by atoms with E-state index in [-0.39, 0.29) is 6.42 Å². The molecule has 0 aromatic rings. The minimum absolute atomic E-state index is 0.247. The minimum atomic E-state index is -0.718. The van der Waals surface area contributed by atoms with Gasteiger partial charge in [-0.3, -0.25) is 4.79 Å². The quantitative estimate of drug-likeness (QED) is 0.375. The molecule has 0 aromatic heterocycles. The number of ether oxygens (including phenoxy) is 2. The Balaban J connectivity index is 1.70. The largest absolute Gasteiger partial charge is 0.481 e. The number of hydrogen-bond donors (Lipinski definition) is 1. The third-order valence-corrected chi connectivity index (χ3v) is 4.91. The summed E-state index contributed by atoms with van der Waals surface area (Å²) in [5.41, 5.74) is 0. The lowest BCUT2D eigenvalue weighted by atomic mass is 9.78. The van der Waals surface area contributed by atoms with Gasteiger partial charge in [-0.2, -0.15) is 0 Å². The smallest absolute Gasteiger partial charge is 0.303 e. The van der Waals surface area contributed by atoms with Crippen LogP contribution in [0.15, 0.2) is 12.2 Å². The highest BCUT2D eigenvalue weighted by Gasteiger charge is 2.48. The van der Waals surface area contributed by atoms with Crippen molar-refractivity contribution in [2.24, 2.45) is 11.8 Å². The maximum absolute atomic E-state index is 10.5. The summed E-state index contributed by atoms with van der Waals surface area (Å²) >= 11 is 0. The van der Waals surface area contributed by atoms with Gasteiger partial charge in [-0.05, 0) is 44.4 Å². The maximum Gasteiger partial charge on any atom is 0.303 e. The van der Waals surface area contributed by atoms with Crippen molar-refractivity contribution in [3.05, 3.63) is 12.2 Å². The van der Waals surface area contributed by atoms with Gasteiger partial charge in [0.15, 0.2) is 0 Å². The zero-order valence-electron chi connectivity index (χ0n) is 14.7. The highest BCUT2D eigenvalue weighted by atomic mass is 16.5. The summed E-state index contributed by atoms with van der Waals surface area (Å²) in [7, 11) is 0. The Labute approximate surface area is 145 Å². The van der Waals surface area contributed by atoms with Gasteiger partial charge in [0.05, 0.1) is 18.8 Å². The zero-order chi connectivity index (χ0) is 17.2. The highest BCUT2D eigenvalue weighted by molar-refractivity contribution is 5.66. The van der Waals surface area contributed by atoms with Gasteiger partial charge in [0, 0.05) is 18.8 Å². The first kappa shape index (κ1) is 19.0. The highest BCUT2D eigenvalue weighted by Crippen LogP contribution is 2.45. The monoisotopic (exact) mass is 334 g/mol. The van der Waals surface area contributed by atoms with E-state index in [0.29, 0.717) is 37.1 Å². The Hall–Kier alpha value is -1.31. The first-order valence-corrected chi connectivity index (χ1v) is 9.28. The third-order valence-electron chi connectivity index (χ3n) is 4.91. The molecule has 2 rings (SSSR count). The summed E-state index contributed by atoms with van der Waals surface area (Å²) in [6, 6.07) is 0. The van der Waals surface area contributed by atoms with Crippen molar-refractivity contribution in [2.45, 2.75) is 70.5 Å². The van der Waals surface area contributed by atoms with Crippen LogP contribution >= 0.6 is 0 Å². The average molecular weight is 334 g/mol. The van der Waals surface area contributed by atoms with Gasteiger partial charge < -0.3 is 14.6 Å². The molecule has 0 amide bonds. The lowest BCUT2D eigenvalue weighted by Crippen LogP contribution is -2.30. The van der Waals surface area contributed by atoms with E-state index in [1.54, 1.807) is 0 Å². The van der Waals surface area contributed by atoms with Crippen LogP contribution < -0.4 is 0 Å². The Kier molecular flexibility index (Phi) is 8.35. The van der Waals surface area contributed by atoms with Gasteiger partial charge in [-0.1, -0.05) is 25.0 Å². The van der Waals surface area contributed by atoms with Gasteiger partial charge in [-0.25, -0.2) is 0 Å². The molecule has 0 saturated carbocycles. The van der Waals surface area contributed by atoms with Gasteiger partial charge in [0.25, 0.3) is 0 Å². The fourth-order valence-corrected chi connectivity index (χ4v) is 3.68. The van der Waals surface area contributed by atoms with Crippen molar-refractivity contribution in [3.8, 4) is 11.8 Å². The number of allylic oxidation sites excluding steroid dienone is 2. The summed E-state index contributed by atoms with van der Waals surface area (Å²) in [4.78, 5) is 10.5. The number of fused-ring (bicyclic) bond motifs is 2. The fourth-order valence-electron chi connectivity index (χ4n) is 3.68. The van der Waals surface area contributed by atoms with E-state index in [1.807, 2.05) is 0 Å². The van der Waals surface area contributed by atoms with E-state index in [4.69, 9.17) is 14.6 Å². The molecular formula is C20H30O4. The predicted molar refractivity (Wildman–Crippen MR) is 93.6 cm³/mol. The zero-order valence-corrected chi connectivity index (χ0v) is 14.7. The average Bonchev–Trinajstić information content (AvgIpc) is 3.15. The second-order valence-corrected chi connectivity index (χ2v) is 6.73. The minimum Gasteiger partial charge on any atom is -0.481 e. The Morgan fingerprint density at radius 1 is 1.25 bits per heavy atom. The van der Waals surface area contributed by atoms with Crippen molar-refractivity contribution in [2.75, 3.05) is 13.2 Å². The van der Waals surface area contributed by atoms with Gasteiger partial charge in [-0.15, -0.1) is 5.92 Å². The number of rotatable bonds is 10. The molecule has 4 nitrogen and oxygen atoms in total. The van der Waals surface area contributed by atoms with Gasteiger partial charge >= 0.3 is 5.97 Å². The van der Waals surface area contributed by atoms with E-state index < -0.39 is 5.97 Å². The van der Waals surface area contributed by atoms with Crippen molar-refractivity contribution in [3.63, 3.8) is 0 Å². The number of carboxylic acid groups (broad SMARTS) is 1. The molecule has 2 bridgehead atoms. The molecule has 2 fully saturated rings. The molecule has 2 aliphatic heterocycles. The summed E-state index contributed by atoms with van der Waals surface area (Å²) in [5, 5.41) is 8.64. The second kappa shape index (κ2) is 10.5. The van der Waals surface area contributed by atoms with Crippen molar-refractivity contribution in [1.29, 1.82) is 0 Å². The molecular weight excluding hydrogens is 304 g/mol. The summed E-state index contributed by atoms with van der Waals surface area (Å²) in [6.07, 6.45) is 12.2. The molecule has 0 radical (unpaired) electrons. The van der Waals surface area contributed by atoms with Crippen LogP contribution in [0, 0.1) is 23.7 Å². The number of hydrogen-bond acceptors (Lipinski definition) is 3. The molecule has 24 heavy (non-hydrogen) atoms. The van der Waals surface area contributed by atoms with Crippen molar-refractivity contribution < 1.29 is 19.4 Å². The molecule has 2 aliphatic rings. The Bertz CT molecular complexity index is 474. The molecule has 0 spiro atoms. The Morgan fingerprint density at radius 2 is 2.04 bits per heavy atom. The first-order chi connectivity index (χ1) is 11.7. The lowest BCUT2D eigenvalue weighted by Gasteiger charge is -2.26. The van der Waals surface area contributed by atoms with Crippen molar-refractivity contribution in [1.82, 2.24) is 0 Å². The van der Waals surface area contributed by atoms with Crippen molar-refractivity contribution >= 4 is 5.97 Å².